The quantitative estimate of drug-likeness (QED) is 0.805. The van der Waals surface area contributed by atoms with Gasteiger partial charge in [-0.1, -0.05) is 6.92 Å². The Morgan fingerprint density at radius 3 is 2.80 bits per heavy atom. The van der Waals surface area contributed by atoms with Crippen LogP contribution in [0.25, 0.3) is 0 Å². The minimum Gasteiger partial charge on any atom is -0.452 e. The molecule has 0 aliphatic rings. The van der Waals surface area contributed by atoms with E-state index in [0.29, 0.717) is 18.0 Å². The fourth-order valence-corrected chi connectivity index (χ4v) is 2.68. The molecule has 8 heteroatoms. The average Bonchev–Trinajstić information content (AvgIpc) is 2.77. The summed E-state index contributed by atoms with van der Waals surface area (Å²) >= 11 is 0. The molecule has 108 valence electrons. The smallest absolute Gasteiger partial charge is 0.240 e. The first-order chi connectivity index (χ1) is 9.42. The molecule has 1 aromatic carbocycles. The Balaban J connectivity index is 2.34. The lowest BCUT2D eigenvalue weighted by Gasteiger charge is -2.09. The van der Waals surface area contributed by atoms with Crippen molar-refractivity contribution in [2.45, 2.75) is 11.8 Å². The minimum absolute atomic E-state index is 0.104. The third kappa shape index (κ3) is 3.09. The molecule has 0 bridgehead atoms. The van der Waals surface area contributed by atoms with Crippen molar-refractivity contribution in [3.8, 4) is 11.5 Å². The van der Waals surface area contributed by atoms with Gasteiger partial charge in [0.2, 0.25) is 10.0 Å². The molecular weight excluding hydrogens is 280 g/mol. The molecule has 7 nitrogen and oxygen atoms in total. The first kappa shape index (κ1) is 14.4. The number of anilines is 1. The summed E-state index contributed by atoms with van der Waals surface area (Å²) in [5.74, 6) is 0.758. The fourth-order valence-electron chi connectivity index (χ4n) is 1.62. The lowest BCUT2D eigenvalue weighted by Crippen LogP contribution is -2.23. The molecule has 0 fully saturated rings. The number of nitrogens with one attached hydrogen (secondary N) is 1. The standard InChI is InChI=1S/C12H16N4O3S/c1-3-15-20(17,18)10-4-5-11(13)12(6-10)19-9-7-14-16(2)8-9/h4-8,15H,3,13H2,1-2H3. The second-order valence-corrected chi connectivity index (χ2v) is 5.92. The van der Waals surface area contributed by atoms with Crippen molar-refractivity contribution in [3.63, 3.8) is 0 Å². The third-order valence-corrected chi connectivity index (χ3v) is 4.08. The van der Waals surface area contributed by atoms with Gasteiger partial charge in [-0.25, -0.2) is 13.1 Å². The van der Waals surface area contributed by atoms with Gasteiger partial charge < -0.3 is 10.5 Å². The number of nitrogens with two attached hydrogens (primary N) is 1. The molecule has 3 N–H and O–H groups in total. The zero-order valence-electron chi connectivity index (χ0n) is 11.2. The monoisotopic (exact) mass is 296 g/mol. The molecule has 0 aliphatic carbocycles. The predicted molar refractivity (Wildman–Crippen MR) is 75.0 cm³/mol. The van der Waals surface area contributed by atoms with Crippen molar-refractivity contribution < 1.29 is 13.2 Å². The van der Waals surface area contributed by atoms with Crippen molar-refractivity contribution in [3.05, 3.63) is 30.6 Å². The van der Waals surface area contributed by atoms with Gasteiger partial charge in [-0.05, 0) is 12.1 Å². The third-order valence-electron chi connectivity index (χ3n) is 2.54. The normalized spacial score (nSPS) is 11.5. The van der Waals surface area contributed by atoms with E-state index >= 15 is 0 Å². The van der Waals surface area contributed by atoms with Gasteiger partial charge >= 0.3 is 0 Å². The van der Waals surface area contributed by atoms with E-state index in [2.05, 4.69) is 9.82 Å². The number of sulfonamides is 1. The van der Waals surface area contributed by atoms with Crippen LogP contribution in [0.2, 0.25) is 0 Å². The highest BCUT2D eigenvalue weighted by molar-refractivity contribution is 7.89. The highest BCUT2D eigenvalue weighted by Crippen LogP contribution is 2.29. The van der Waals surface area contributed by atoms with Gasteiger partial charge in [-0.15, -0.1) is 0 Å². The van der Waals surface area contributed by atoms with Crippen LogP contribution in [-0.2, 0) is 17.1 Å². The first-order valence-electron chi connectivity index (χ1n) is 5.98. The number of ether oxygens (including phenoxy) is 1. The van der Waals surface area contributed by atoms with E-state index in [1.807, 2.05) is 0 Å². The van der Waals surface area contributed by atoms with E-state index in [0.717, 1.165) is 0 Å². The van der Waals surface area contributed by atoms with Gasteiger partial charge in [0.25, 0.3) is 0 Å². The van der Waals surface area contributed by atoms with Crippen molar-refractivity contribution in [2.75, 3.05) is 12.3 Å². The maximum Gasteiger partial charge on any atom is 0.240 e. The van der Waals surface area contributed by atoms with E-state index in [1.165, 1.54) is 24.4 Å². The molecule has 0 amide bonds. The zero-order chi connectivity index (χ0) is 14.8. The topological polar surface area (TPSA) is 99.2 Å². The summed E-state index contributed by atoms with van der Waals surface area (Å²) in [4.78, 5) is 0.104. The molecule has 0 unspecified atom stereocenters. The largest absolute Gasteiger partial charge is 0.452 e. The summed E-state index contributed by atoms with van der Waals surface area (Å²) in [6.07, 6.45) is 3.18. The highest BCUT2D eigenvalue weighted by atomic mass is 32.2. The van der Waals surface area contributed by atoms with E-state index < -0.39 is 10.0 Å². The summed E-state index contributed by atoms with van der Waals surface area (Å²) < 4.78 is 33.4. The Morgan fingerprint density at radius 1 is 1.45 bits per heavy atom. The number of aromatic nitrogens is 2. The molecule has 20 heavy (non-hydrogen) atoms. The first-order valence-corrected chi connectivity index (χ1v) is 7.46. The molecule has 0 spiro atoms. The van der Waals surface area contributed by atoms with Crippen LogP contribution < -0.4 is 15.2 Å². The van der Waals surface area contributed by atoms with Crippen molar-refractivity contribution in [1.29, 1.82) is 0 Å². The van der Waals surface area contributed by atoms with Gasteiger partial charge in [-0.2, -0.15) is 5.10 Å². The van der Waals surface area contributed by atoms with Crippen LogP contribution in [0.15, 0.2) is 35.5 Å². The minimum atomic E-state index is -3.54. The molecule has 0 radical (unpaired) electrons. The molecular formula is C12H16N4O3S. The van der Waals surface area contributed by atoms with Crippen molar-refractivity contribution in [1.82, 2.24) is 14.5 Å². The van der Waals surface area contributed by atoms with Crippen LogP contribution in [-0.4, -0.2) is 24.7 Å². The molecule has 2 rings (SSSR count). The Hall–Kier alpha value is -2.06. The Labute approximate surface area is 117 Å². The lowest BCUT2D eigenvalue weighted by molar-refractivity contribution is 0.482. The van der Waals surface area contributed by atoms with E-state index in [4.69, 9.17) is 10.5 Å². The number of benzene rings is 1. The van der Waals surface area contributed by atoms with Gasteiger partial charge in [0.15, 0.2) is 11.5 Å². The summed E-state index contributed by atoms with van der Waals surface area (Å²) in [5.41, 5.74) is 6.15. The Kier molecular flexibility index (Phi) is 3.96. The van der Waals surface area contributed by atoms with Crippen LogP contribution in [0.4, 0.5) is 5.69 Å². The summed E-state index contributed by atoms with van der Waals surface area (Å²) in [6.45, 7) is 2.02. The lowest BCUT2D eigenvalue weighted by atomic mass is 10.3. The molecule has 1 heterocycles. The molecule has 0 saturated carbocycles. The molecule has 1 aromatic heterocycles. The van der Waals surface area contributed by atoms with Crippen LogP contribution in [0, 0.1) is 0 Å². The van der Waals surface area contributed by atoms with Crippen LogP contribution in [0.3, 0.4) is 0 Å². The van der Waals surface area contributed by atoms with Gasteiger partial charge in [0.1, 0.15) is 0 Å². The fraction of sp³-hybridized carbons (Fsp3) is 0.250. The zero-order valence-corrected chi connectivity index (χ0v) is 12.0. The average molecular weight is 296 g/mol. The number of nitrogen functional groups attached to an aromatic ring is 1. The second-order valence-electron chi connectivity index (χ2n) is 4.15. The van der Waals surface area contributed by atoms with E-state index in [9.17, 15) is 8.42 Å². The summed E-state index contributed by atoms with van der Waals surface area (Å²) in [6, 6.07) is 4.32. The van der Waals surface area contributed by atoms with Gasteiger partial charge in [-0.3, -0.25) is 4.68 Å². The van der Waals surface area contributed by atoms with Crippen molar-refractivity contribution >= 4 is 15.7 Å². The van der Waals surface area contributed by atoms with E-state index in [1.54, 1.807) is 24.9 Å². The summed E-state index contributed by atoms with van der Waals surface area (Å²) in [7, 11) is -1.79. The molecule has 0 saturated heterocycles. The second kappa shape index (κ2) is 5.51. The van der Waals surface area contributed by atoms with Gasteiger partial charge in [0.05, 0.1) is 23.0 Å². The highest BCUT2D eigenvalue weighted by Gasteiger charge is 2.15. The number of hydrogen-bond acceptors (Lipinski definition) is 5. The maximum absolute atomic E-state index is 11.9. The van der Waals surface area contributed by atoms with Gasteiger partial charge in [0, 0.05) is 19.7 Å². The predicted octanol–water partition coefficient (Wildman–Crippen LogP) is 1.09. The number of nitrogens with zero attached hydrogens (tertiary/aromatic N) is 2. The van der Waals surface area contributed by atoms with Crippen LogP contribution in [0.5, 0.6) is 11.5 Å². The molecule has 2 aromatic rings. The number of rotatable bonds is 5. The van der Waals surface area contributed by atoms with Crippen LogP contribution in [0.1, 0.15) is 6.92 Å². The SMILES string of the molecule is CCNS(=O)(=O)c1ccc(N)c(Oc2cnn(C)c2)c1. The summed E-state index contributed by atoms with van der Waals surface area (Å²) in [5, 5.41) is 3.96. The molecule has 0 atom stereocenters. The van der Waals surface area contributed by atoms with Crippen molar-refractivity contribution in [2.24, 2.45) is 7.05 Å². The maximum atomic E-state index is 11.9. The molecule has 0 aliphatic heterocycles. The number of aryl methyl sites for hydroxylation is 1. The van der Waals surface area contributed by atoms with E-state index in [-0.39, 0.29) is 10.6 Å². The Bertz CT molecular complexity index is 709. The Morgan fingerprint density at radius 2 is 2.20 bits per heavy atom. The van der Waals surface area contributed by atoms with Crippen LogP contribution >= 0.6 is 0 Å². The number of hydrogen-bond donors (Lipinski definition) is 2.